The molecule has 134 valence electrons. The van der Waals surface area contributed by atoms with Crippen LogP contribution in [0.2, 0.25) is 5.02 Å². The SMILES string of the molecule is OC[C@@H]1OC(Cc2c(Cl)c(O)cc(O)c2-c2ccccc2)O[C@H]1CO. The largest absolute Gasteiger partial charge is 0.507 e. The summed E-state index contributed by atoms with van der Waals surface area (Å²) in [5.74, 6) is -0.359. The Morgan fingerprint density at radius 2 is 1.52 bits per heavy atom. The van der Waals surface area contributed by atoms with Gasteiger partial charge in [0.05, 0.1) is 18.2 Å². The molecule has 4 N–H and O–H groups in total. The van der Waals surface area contributed by atoms with Gasteiger partial charge < -0.3 is 29.9 Å². The van der Waals surface area contributed by atoms with Crippen LogP contribution in [0, 0.1) is 0 Å². The van der Waals surface area contributed by atoms with Crippen LogP contribution < -0.4 is 0 Å². The van der Waals surface area contributed by atoms with Crippen molar-refractivity contribution in [3.8, 4) is 22.6 Å². The van der Waals surface area contributed by atoms with Crippen molar-refractivity contribution in [1.82, 2.24) is 0 Å². The number of halogens is 1. The summed E-state index contributed by atoms with van der Waals surface area (Å²) in [5, 5.41) is 39.0. The van der Waals surface area contributed by atoms with Crippen LogP contribution in [0.3, 0.4) is 0 Å². The van der Waals surface area contributed by atoms with Crippen LogP contribution in [0.5, 0.6) is 11.5 Å². The lowest BCUT2D eigenvalue weighted by molar-refractivity contribution is -0.0724. The lowest BCUT2D eigenvalue weighted by Crippen LogP contribution is -2.29. The monoisotopic (exact) mass is 366 g/mol. The molecule has 1 heterocycles. The number of phenolic OH excluding ortho intramolecular Hbond substituents is 2. The fraction of sp³-hybridized carbons (Fsp3) is 0.333. The Bertz CT molecular complexity index is 724. The zero-order chi connectivity index (χ0) is 18.0. The number of rotatable bonds is 5. The highest BCUT2D eigenvalue weighted by molar-refractivity contribution is 6.33. The molecule has 0 unspecified atom stereocenters. The first-order chi connectivity index (χ1) is 12.0. The first kappa shape index (κ1) is 18.0. The van der Waals surface area contributed by atoms with Gasteiger partial charge in [-0.15, -0.1) is 0 Å². The molecule has 2 aromatic carbocycles. The Hall–Kier alpha value is -1.83. The number of phenols is 2. The molecule has 0 aromatic heterocycles. The molecule has 6 nitrogen and oxygen atoms in total. The maximum atomic E-state index is 10.3. The van der Waals surface area contributed by atoms with Gasteiger partial charge in [-0.1, -0.05) is 41.9 Å². The van der Waals surface area contributed by atoms with Crippen LogP contribution in [-0.2, 0) is 15.9 Å². The molecule has 1 fully saturated rings. The molecule has 1 aliphatic heterocycles. The van der Waals surface area contributed by atoms with Crippen LogP contribution in [0.25, 0.3) is 11.1 Å². The van der Waals surface area contributed by atoms with Gasteiger partial charge in [-0.3, -0.25) is 0 Å². The van der Waals surface area contributed by atoms with E-state index in [0.29, 0.717) is 11.1 Å². The van der Waals surface area contributed by atoms with E-state index in [1.165, 1.54) is 6.07 Å². The van der Waals surface area contributed by atoms with Gasteiger partial charge in [-0.05, 0) is 11.1 Å². The number of aromatic hydroxyl groups is 2. The Morgan fingerprint density at radius 1 is 0.920 bits per heavy atom. The van der Waals surface area contributed by atoms with Crippen molar-refractivity contribution in [3.05, 3.63) is 47.0 Å². The average molecular weight is 367 g/mol. The molecule has 3 rings (SSSR count). The molecular weight excluding hydrogens is 348 g/mol. The summed E-state index contributed by atoms with van der Waals surface area (Å²) < 4.78 is 11.2. The van der Waals surface area contributed by atoms with Crippen molar-refractivity contribution in [1.29, 1.82) is 0 Å². The van der Waals surface area contributed by atoms with E-state index >= 15 is 0 Å². The summed E-state index contributed by atoms with van der Waals surface area (Å²) in [4.78, 5) is 0. The second-order valence-corrected chi connectivity index (χ2v) is 6.17. The third-order valence-electron chi connectivity index (χ3n) is 4.18. The van der Waals surface area contributed by atoms with Gasteiger partial charge in [0, 0.05) is 18.1 Å². The maximum absolute atomic E-state index is 10.3. The molecule has 0 aliphatic carbocycles. The summed E-state index contributed by atoms with van der Waals surface area (Å²) in [6.45, 7) is -0.571. The summed E-state index contributed by atoms with van der Waals surface area (Å²) in [7, 11) is 0. The van der Waals surface area contributed by atoms with E-state index in [9.17, 15) is 20.4 Å². The molecule has 0 saturated carbocycles. The third kappa shape index (κ3) is 3.58. The lowest BCUT2D eigenvalue weighted by atomic mass is 9.96. The van der Waals surface area contributed by atoms with E-state index in [4.69, 9.17) is 21.1 Å². The minimum absolute atomic E-state index is 0.0943. The summed E-state index contributed by atoms with van der Waals surface area (Å²) >= 11 is 6.27. The smallest absolute Gasteiger partial charge is 0.162 e. The zero-order valence-electron chi connectivity index (χ0n) is 13.3. The molecule has 0 bridgehead atoms. The first-order valence-corrected chi connectivity index (χ1v) is 8.24. The predicted octanol–water partition coefficient (Wildman–Crippen LogP) is 2.06. The highest BCUT2D eigenvalue weighted by Crippen LogP contribution is 2.43. The van der Waals surface area contributed by atoms with E-state index < -0.39 is 18.5 Å². The fourth-order valence-electron chi connectivity index (χ4n) is 2.98. The van der Waals surface area contributed by atoms with Gasteiger partial charge >= 0.3 is 0 Å². The topological polar surface area (TPSA) is 99.4 Å². The Balaban J connectivity index is 1.98. The number of hydrogen-bond donors (Lipinski definition) is 4. The van der Waals surface area contributed by atoms with Crippen molar-refractivity contribution in [2.75, 3.05) is 13.2 Å². The molecule has 1 saturated heterocycles. The highest BCUT2D eigenvalue weighted by Gasteiger charge is 2.36. The lowest BCUT2D eigenvalue weighted by Gasteiger charge is -2.18. The van der Waals surface area contributed by atoms with Crippen molar-refractivity contribution in [3.63, 3.8) is 0 Å². The summed E-state index contributed by atoms with van der Waals surface area (Å²) in [5.41, 5.74) is 1.67. The predicted molar refractivity (Wildman–Crippen MR) is 91.6 cm³/mol. The van der Waals surface area contributed by atoms with Gasteiger partial charge in [0.2, 0.25) is 0 Å². The molecule has 0 spiro atoms. The van der Waals surface area contributed by atoms with Gasteiger partial charge in [-0.2, -0.15) is 0 Å². The fourth-order valence-corrected chi connectivity index (χ4v) is 3.21. The maximum Gasteiger partial charge on any atom is 0.162 e. The third-order valence-corrected chi connectivity index (χ3v) is 4.60. The number of ether oxygens (including phenoxy) is 2. The van der Waals surface area contributed by atoms with E-state index in [-0.39, 0.29) is 36.2 Å². The minimum atomic E-state index is -0.768. The van der Waals surface area contributed by atoms with E-state index in [2.05, 4.69) is 0 Å². The van der Waals surface area contributed by atoms with Crippen molar-refractivity contribution >= 4 is 11.6 Å². The normalized spacial score (nSPS) is 20.9. The number of benzene rings is 2. The van der Waals surface area contributed by atoms with E-state index in [0.717, 1.165) is 5.56 Å². The molecule has 2 aromatic rings. The molecule has 1 aliphatic rings. The van der Waals surface area contributed by atoms with Gasteiger partial charge in [0.25, 0.3) is 0 Å². The zero-order valence-corrected chi connectivity index (χ0v) is 14.1. The van der Waals surface area contributed by atoms with Gasteiger partial charge in [0.1, 0.15) is 23.7 Å². The number of aliphatic hydroxyl groups excluding tert-OH is 2. The summed E-state index contributed by atoms with van der Waals surface area (Å²) in [6, 6.07) is 10.3. The second-order valence-electron chi connectivity index (χ2n) is 5.80. The molecule has 2 atom stereocenters. The van der Waals surface area contributed by atoms with Crippen LogP contribution in [0.15, 0.2) is 36.4 Å². The number of hydrogen-bond acceptors (Lipinski definition) is 6. The van der Waals surface area contributed by atoms with Crippen LogP contribution in [-0.4, -0.2) is 52.1 Å². The average Bonchev–Trinajstić information content (AvgIpc) is 3.02. The summed E-state index contributed by atoms with van der Waals surface area (Å²) in [6.07, 6.45) is -1.91. The van der Waals surface area contributed by atoms with E-state index in [1.807, 2.05) is 30.3 Å². The quantitative estimate of drug-likeness (QED) is 0.646. The van der Waals surface area contributed by atoms with Gasteiger partial charge in [0.15, 0.2) is 6.29 Å². The van der Waals surface area contributed by atoms with E-state index in [1.54, 1.807) is 0 Å². The standard InChI is InChI=1S/C18H19ClO6/c19-18-11(6-16-24-14(8-20)15(9-21)25-16)17(12(22)7-13(18)23)10-4-2-1-3-5-10/h1-5,7,14-16,20-23H,6,8-9H2/t14-,15-/m0/s1. The van der Waals surface area contributed by atoms with Gasteiger partial charge in [-0.25, -0.2) is 0 Å². The Morgan fingerprint density at radius 3 is 2.08 bits per heavy atom. The molecule has 0 amide bonds. The second kappa shape index (κ2) is 7.59. The van der Waals surface area contributed by atoms with Crippen LogP contribution >= 0.6 is 11.6 Å². The molecule has 25 heavy (non-hydrogen) atoms. The Labute approximate surface area is 149 Å². The van der Waals surface area contributed by atoms with Crippen molar-refractivity contribution < 1.29 is 29.9 Å². The van der Waals surface area contributed by atoms with Crippen LogP contribution in [0.4, 0.5) is 0 Å². The molecule has 0 radical (unpaired) electrons. The molecular formula is C18H19ClO6. The highest BCUT2D eigenvalue weighted by atomic mass is 35.5. The molecule has 7 heteroatoms. The van der Waals surface area contributed by atoms with Crippen molar-refractivity contribution in [2.45, 2.75) is 24.9 Å². The van der Waals surface area contributed by atoms with Crippen molar-refractivity contribution in [2.24, 2.45) is 0 Å². The van der Waals surface area contributed by atoms with Crippen LogP contribution in [0.1, 0.15) is 5.56 Å². The Kier molecular flexibility index (Phi) is 5.46. The minimum Gasteiger partial charge on any atom is -0.507 e. The first-order valence-electron chi connectivity index (χ1n) is 7.86. The number of aliphatic hydroxyl groups is 2.